The van der Waals surface area contributed by atoms with Crippen LogP contribution in [-0.2, 0) is 25.6 Å². The van der Waals surface area contributed by atoms with Gasteiger partial charge in [-0.05, 0) is 38.7 Å². The third kappa shape index (κ3) is 9.64. The van der Waals surface area contributed by atoms with E-state index >= 15 is 0 Å². The van der Waals surface area contributed by atoms with Gasteiger partial charge in [0.25, 0.3) is 0 Å². The molecule has 0 unspecified atom stereocenters. The molecule has 1 aromatic rings. The van der Waals surface area contributed by atoms with Crippen molar-refractivity contribution >= 4 is 23.6 Å². The van der Waals surface area contributed by atoms with Gasteiger partial charge in [-0.25, -0.2) is 0 Å². The van der Waals surface area contributed by atoms with E-state index in [-0.39, 0.29) is 30.2 Å². The summed E-state index contributed by atoms with van der Waals surface area (Å²) in [6.07, 6.45) is 3.02. The highest BCUT2D eigenvalue weighted by molar-refractivity contribution is 5.93. The van der Waals surface area contributed by atoms with Crippen LogP contribution in [0.2, 0.25) is 0 Å². The van der Waals surface area contributed by atoms with E-state index in [0.717, 1.165) is 11.1 Å². The standard InChI is InChI=1S/C28H43N5O4/c1-19(2)13-16-33-15-10-14-29-27(36)23(17-22-11-8-7-9-12-22)30-24(34)18-32(6)28(37)25(20(3)4)31-26(35)21(33)5/h7-9,11-13,20-21,23,25H,10,14-18H2,1-6H3,(H,29,36)(H,30,34)(H,31,35)/t21-,23+,25+/m1/s1. The molecule has 3 atom stereocenters. The van der Waals surface area contributed by atoms with Crippen LogP contribution in [-0.4, -0.2) is 84.8 Å². The Morgan fingerprint density at radius 3 is 2.35 bits per heavy atom. The molecule has 1 aliphatic rings. The molecule has 2 rings (SSSR count). The summed E-state index contributed by atoms with van der Waals surface area (Å²) in [6, 6.07) is 7.47. The number of amides is 4. The van der Waals surface area contributed by atoms with Crippen LogP contribution in [0.3, 0.4) is 0 Å². The van der Waals surface area contributed by atoms with Crippen LogP contribution in [0.5, 0.6) is 0 Å². The smallest absolute Gasteiger partial charge is 0.245 e. The van der Waals surface area contributed by atoms with E-state index in [2.05, 4.69) is 22.0 Å². The number of carbonyl (C=O) groups excluding carboxylic acids is 4. The lowest BCUT2D eigenvalue weighted by Gasteiger charge is -2.32. The van der Waals surface area contributed by atoms with Gasteiger partial charge in [0.1, 0.15) is 12.1 Å². The number of hydrogen-bond donors (Lipinski definition) is 3. The van der Waals surface area contributed by atoms with E-state index in [1.54, 1.807) is 0 Å². The minimum absolute atomic E-state index is 0.170. The molecule has 0 bridgehead atoms. The van der Waals surface area contributed by atoms with Gasteiger partial charge in [0, 0.05) is 33.1 Å². The summed E-state index contributed by atoms with van der Waals surface area (Å²) in [6.45, 7) is 10.9. The fourth-order valence-corrected chi connectivity index (χ4v) is 4.14. The van der Waals surface area contributed by atoms with Gasteiger partial charge in [0.2, 0.25) is 23.6 Å². The lowest BCUT2D eigenvalue weighted by molar-refractivity contribution is -0.140. The number of rotatable bonds is 5. The molecule has 0 radical (unpaired) electrons. The zero-order chi connectivity index (χ0) is 27.5. The number of carbonyl (C=O) groups is 4. The Bertz CT molecular complexity index is 959. The second-order valence-electron chi connectivity index (χ2n) is 10.3. The molecule has 0 saturated carbocycles. The maximum atomic E-state index is 13.2. The molecule has 1 heterocycles. The molecular formula is C28H43N5O4. The number of benzene rings is 1. The van der Waals surface area contributed by atoms with Gasteiger partial charge in [0.15, 0.2) is 0 Å². The van der Waals surface area contributed by atoms with E-state index in [1.807, 2.05) is 69.9 Å². The average Bonchev–Trinajstić information content (AvgIpc) is 2.84. The first-order chi connectivity index (χ1) is 17.5. The van der Waals surface area contributed by atoms with Crippen molar-refractivity contribution in [3.05, 3.63) is 47.5 Å². The fraction of sp³-hybridized carbons (Fsp3) is 0.571. The second-order valence-corrected chi connectivity index (χ2v) is 10.3. The number of allylic oxidation sites excluding steroid dienone is 1. The molecule has 1 aromatic carbocycles. The van der Waals surface area contributed by atoms with E-state index in [9.17, 15) is 19.2 Å². The number of likely N-dealkylation sites (N-methyl/N-ethyl adjacent to an activating group) is 1. The van der Waals surface area contributed by atoms with Crippen LogP contribution in [0.1, 0.15) is 46.6 Å². The molecule has 0 aliphatic carbocycles. The van der Waals surface area contributed by atoms with Crippen LogP contribution >= 0.6 is 0 Å². The van der Waals surface area contributed by atoms with E-state index in [4.69, 9.17) is 0 Å². The third-order valence-corrected chi connectivity index (χ3v) is 6.50. The monoisotopic (exact) mass is 513 g/mol. The van der Waals surface area contributed by atoms with E-state index in [1.165, 1.54) is 11.9 Å². The van der Waals surface area contributed by atoms with Gasteiger partial charge in [-0.15, -0.1) is 0 Å². The molecule has 3 N–H and O–H groups in total. The van der Waals surface area contributed by atoms with Crippen molar-refractivity contribution in [2.75, 3.05) is 33.2 Å². The molecule has 9 heteroatoms. The van der Waals surface area contributed by atoms with Gasteiger partial charge >= 0.3 is 0 Å². The molecule has 37 heavy (non-hydrogen) atoms. The van der Waals surface area contributed by atoms with E-state index in [0.29, 0.717) is 32.5 Å². The second kappa shape index (κ2) is 14.5. The lowest BCUT2D eigenvalue weighted by Crippen LogP contribution is -2.57. The third-order valence-electron chi connectivity index (χ3n) is 6.50. The van der Waals surface area contributed by atoms with Gasteiger partial charge in [-0.1, -0.05) is 55.8 Å². The van der Waals surface area contributed by atoms with Gasteiger partial charge in [-0.3, -0.25) is 24.1 Å². The molecule has 4 amide bonds. The molecular weight excluding hydrogens is 470 g/mol. The summed E-state index contributed by atoms with van der Waals surface area (Å²) >= 11 is 0. The maximum absolute atomic E-state index is 13.2. The summed E-state index contributed by atoms with van der Waals surface area (Å²) in [5.74, 6) is -1.48. The molecule has 1 fully saturated rings. The van der Waals surface area contributed by atoms with Crippen molar-refractivity contribution < 1.29 is 19.2 Å². The quantitative estimate of drug-likeness (QED) is 0.517. The van der Waals surface area contributed by atoms with Crippen molar-refractivity contribution in [2.24, 2.45) is 5.92 Å². The zero-order valence-electron chi connectivity index (χ0n) is 23.0. The highest BCUT2D eigenvalue weighted by Gasteiger charge is 2.31. The predicted molar refractivity (Wildman–Crippen MR) is 145 cm³/mol. The normalized spacial score (nSPS) is 23.3. The first-order valence-electron chi connectivity index (χ1n) is 13.0. The van der Waals surface area contributed by atoms with Crippen LogP contribution in [0.15, 0.2) is 42.0 Å². The number of nitrogens with one attached hydrogen (secondary N) is 3. The first kappa shape index (κ1) is 30.0. The Hall–Kier alpha value is -3.20. The van der Waals surface area contributed by atoms with Crippen LogP contribution in [0.25, 0.3) is 0 Å². The van der Waals surface area contributed by atoms with Crippen molar-refractivity contribution in [2.45, 2.75) is 65.6 Å². The fourth-order valence-electron chi connectivity index (χ4n) is 4.14. The highest BCUT2D eigenvalue weighted by atomic mass is 16.2. The Balaban J connectivity index is 2.31. The van der Waals surface area contributed by atoms with Crippen molar-refractivity contribution in [1.29, 1.82) is 0 Å². The maximum Gasteiger partial charge on any atom is 0.245 e. The minimum atomic E-state index is -0.771. The Morgan fingerprint density at radius 2 is 1.73 bits per heavy atom. The first-order valence-corrected chi connectivity index (χ1v) is 13.0. The minimum Gasteiger partial charge on any atom is -0.354 e. The Kier molecular flexibility index (Phi) is 11.8. The summed E-state index contributed by atoms with van der Waals surface area (Å²) in [7, 11) is 1.53. The van der Waals surface area contributed by atoms with E-state index < -0.39 is 24.0 Å². The Morgan fingerprint density at radius 1 is 1.05 bits per heavy atom. The summed E-state index contributed by atoms with van der Waals surface area (Å²) in [5.41, 5.74) is 2.07. The van der Waals surface area contributed by atoms with Crippen molar-refractivity contribution in [3.63, 3.8) is 0 Å². The largest absolute Gasteiger partial charge is 0.354 e. The SMILES string of the molecule is CC(C)=CCN1CCCNC(=O)[C@H](Cc2ccccc2)NC(=O)CN(C)C(=O)[C@H](C(C)C)NC(=O)[C@H]1C. The van der Waals surface area contributed by atoms with Crippen LogP contribution in [0, 0.1) is 5.92 Å². The molecule has 204 valence electrons. The van der Waals surface area contributed by atoms with Crippen molar-refractivity contribution in [3.8, 4) is 0 Å². The van der Waals surface area contributed by atoms with Gasteiger partial charge in [-0.2, -0.15) is 0 Å². The van der Waals surface area contributed by atoms with Crippen LogP contribution < -0.4 is 16.0 Å². The molecule has 0 aromatic heterocycles. The predicted octanol–water partition coefficient (Wildman–Crippen LogP) is 1.49. The summed E-state index contributed by atoms with van der Waals surface area (Å²) in [4.78, 5) is 55.7. The molecule has 0 spiro atoms. The average molecular weight is 514 g/mol. The van der Waals surface area contributed by atoms with Crippen molar-refractivity contribution in [1.82, 2.24) is 25.8 Å². The molecule has 1 aliphatic heterocycles. The van der Waals surface area contributed by atoms with Gasteiger partial charge in [0.05, 0.1) is 12.6 Å². The molecule has 9 nitrogen and oxygen atoms in total. The summed E-state index contributed by atoms with van der Waals surface area (Å²) < 4.78 is 0. The topological polar surface area (TPSA) is 111 Å². The number of nitrogens with zero attached hydrogens (tertiary/aromatic N) is 2. The van der Waals surface area contributed by atoms with Gasteiger partial charge < -0.3 is 20.9 Å². The lowest BCUT2D eigenvalue weighted by atomic mass is 10.0. The zero-order valence-corrected chi connectivity index (χ0v) is 23.0. The van der Waals surface area contributed by atoms with Crippen LogP contribution in [0.4, 0.5) is 0 Å². The molecule has 1 saturated heterocycles. The number of hydrogen-bond acceptors (Lipinski definition) is 5. The Labute approximate surface area is 221 Å². The summed E-state index contributed by atoms with van der Waals surface area (Å²) in [5, 5.41) is 8.65. The highest BCUT2D eigenvalue weighted by Crippen LogP contribution is 2.10.